The van der Waals surface area contributed by atoms with Crippen molar-refractivity contribution in [2.45, 2.75) is 25.3 Å². The summed E-state index contributed by atoms with van der Waals surface area (Å²) in [5.74, 6) is 0. The summed E-state index contributed by atoms with van der Waals surface area (Å²) in [6, 6.07) is 8.11. The first-order valence-electron chi connectivity index (χ1n) is 5.75. The average Bonchev–Trinajstić information content (AvgIpc) is 2.31. The molecule has 17 heavy (non-hydrogen) atoms. The Balaban J connectivity index is 2.14. The number of hydrogen-bond acceptors (Lipinski definition) is 3. The summed E-state index contributed by atoms with van der Waals surface area (Å²) in [4.78, 5) is 2.27. The summed E-state index contributed by atoms with van der Waals surface area (Å²) in [5.41, 5.74) is 7.66. The van der Waals surface area contributed by atoms with Gasteiger partial charge in [-0.3, -0.25) is 0 Å². The van der Waals surface area contributed by atoms with Crippen LogP contribution in [0.4, 0.5) is 5.69 Å². The molecule has 1 aliphatic rings. The van der Waals surface area contributed by atoms with Gasteiger partial charge in [0.15, 0.2) is 0 Å². The second-order valence-electron chi connectivity index (χ2n) is 4.69. The zero-order chi connectivity index (χ0) is 12.5. The quantitative estimate of drug-likeness (QED) is 0.832. The van der Waals surface area contributed by atoms with Crippen molar-refractivity contribution in [3.05, 3.63) is 28.8 Å². The minimum atomic E-state index is -0.642. The first-order chi connectivity index (χ1) is 8.04. The van der Waals surface area contributed by atoms with Gasteiger partial charge in [-0.2, -0.15) is 5.26 Å². The van der Waals surface area contributed by atoms with E-state index in [0.717, 1.165) is 18.1 Å². The van der Waals surface area contributed by atoms with Gasteiger partial charge in [-0.25, -0.2) is 0 Å². The molecule has 0 saturated carbocycles. The van der Waals surface area contributed by atoms with Crippen molar-refractivity contribution in [1.29, 1.82) is 5.26 Å². The Kier molecular flexibility index (Phi) is 3.28. The van der Waals surface area contributed by atoms with Crippen LogP contribution in [-0.2, 0) is 0 Å². The van der Waals surface area contributed by atoms with Gasteiger partial charge >= 0.3 is 0 Å². The molecule has 0 aromatic heterocycles. The lowest BCUT2D eigenvalue weighted by Gasteiger charge is -2.36. The van der Waals surface area contributed by atoms with Crippen LogP contribution in [0.5, 0.6) is 0 Å². The van der Waals surface area contributed by atoms with Crippen LogP contribution in [0.3, 0.4) is 0 Å². The molecule has 0 spiro atoms. The van der Waals surface area contributed by atoms with Crippen molar-refractivity contribution < 1.29 is 0 Å². The van der Waals surface area contributed by atoms with Gasteiger partial charge in [0.25, 0.3) is 0 Å². The van der Waals surface area contributed by atoms with Crippen LogP contribution in [0.15, 0.2) is 18.2 Å². The highest BCUT2D eigenvalue weighted by Gasteiger charge is 2.30. The standard InChI is InChI=1S/C13H16ClN3/c1-10-8-11(14)2-3-12(10)17-6-4-13(16,9-15)5-7-17/h2-3,8H,4-7,16H2,1H3. The number of nitrogens with two attached hydrogens (primary N) is 1. The fraction of sp³-hybridized carbons (Fsp3) is 0.462. The Morgan fingerprint density at radius 3 is 2.59 bits per heavy atom. The molecule has 1 aromatic rings. The summed E-state index contributed by atoms with van der Waals surface area (Å²) in [6.07, 6.45) is 1.43. The van der Waals surface area contributed by atoms with E-state index in [-0.39, 0.29) is 0 Å². The van der Waals surface area contributed by atoms with E-state index in [0.29, 0.717) is 12.8 Å². The van der Waals surface area contributed by atoms with Gasteiger partial charge in [-0.1, -0.05) is 11.6 Å². The number of anilines is 1. The molecule has 2 N–H and O–H groups in total. The maximum Gasteiger partial charge on any atom is 0.107 e. The monoisotopic (exact) mass is 249 g/mol. The number of hydrogen-bond donors (Lipinski definition) is 1. The van der Waals surface area contributed by atoms with Crippen molar-refractivity contribution in [2.75, 3.05) is 18.0 Å². The summed E-state index contributed by atoms with van der Waals surface area (Å²) in [5, 5.41) is 9.74. The molecule has 2 rings (SSSR count). The van der Waals surface area contributed by atoms with Crippen LogP contribution in [0.25, 0.3) is 0 Å². The van der Waals surface area contributed by atoms with E-state index < -0.39 is 5.54 Å². The van der Waals surface area contributed by atoms with Crippen LogP contribution >= 0.6 is 11.6 Å². The van der Waals surface area contributed by atoms with Crippen LogP contribution in [0, 0.1) is 18.3 Å². The Bertz CT molecular complexity index is 456. The van der Waals surface area contributed by atoms with E-state index in [1.807, 2.05) is 18.2 Å². The molecular formula is C13H16ClN3. The molecular weight excluding hydrogens is 234 g/mol. The van der Waals surface area contributed by atoms with Crippen molar-refractivity contribution in [1.82, 2.24) is 0 Å². The molecule has 0 atom stereocenters. The fourth-order valence-electron chi connectivity index (χ4n) is 2.23. The molecule has 1 aliphatic heterocycles. The van der Waals surface area contributed by atoms with Gasteiger partial charge in [0, 0.05) is 23.8 Å². The molecule has 3 nitrogen and oxygen atoms in total. The maximum absolute atomic E-state index is 8.99. The molecule has 1 saturated heterocycles. The van der Waals surface area contributed by atoms with Crippen LogP contribution in [0.1, 0.15) is 18.4 Å². The van der Waals surface area contributed by atoms with Gasteiger partial charge in [0.2, 0.25) is 0 Å². The normalized spacial score (nSPS) is 18.8. The fourth-order valence-corrected chi connectivity index (χ4v) is 2.46. The van der Waals surface area contributed by atoms with E-state index >= 15 is 0 Å². The lowest BCUT2D eigenvalue weighted by atomic mass is 9.90. The Hall–Kier alpha value is -1.24. The van der Waals surface area contributed by atoms with Crippen LogP contribution in [-0.4, -0.2) is 18.6 Å². The van der Waals surface area contributed by atoms with Gasteiger partial charge in [-0.15, -0.1) is 0 Å². The topological polar surface area (TPSA) is 53.0 Å². The Labute approximate surface area is 107 Å². The van der Waals surface area contributed by atoms with Gasteiger partial charge in [0.1, 0.15) is 5.54 Å². The van der Waals surface area contributed by atoms with E-state index in [1.54, 1.807) is 0 Å². The summed E-state index contributed by atoms with van der Waals surface area (Å²) in [6.45, 7) is 3.70. The average molecular weight is 250 g/mol. The van der Waals surface area contributed by atoms with Crippen molar-refractivity contribution in [3.63, 3.8) is 0 Å². The molecule has 1 fully saturated rings. The highest BCUT2D eigenvalue weighted by molar-refractivity contribution is 6.30. The van der Waals surface area contributed by atoms with Crippen molar-refractivity contribution >= 4 is 17.3 Å². The molecule has 0 bridgehead atoms. The first-order valence-corrected chi connectivity index (χ1v) is 6.13. The van der Waals surface area contributed by atoms with Crippen LogP contribution < -0.4 is 10.6 Å². The lowest BCUT2D eigenvalue weighted by molar-refractivity contribution is 0.415. The maximum atomic E-state index is 8.99. The Morgan fingerprint density at radius 2 is 2.06 bits per heavy atom. The minimum absolute atomic E-state index is 0.642. The number of piperidine rings is 1. The third-order valence-electron chi connectivity index (χ3n) is 3.38. The molecule has 90 valence electrons. The smallest absolute Gasteiger partial charge is 0.107 e. The number of nitrogens with zero attached hydrogens (tertiary/aromatic N) is 2. The minimum Gasteiger partial charge on any atom is -0.371 e. The SMILES string of the molecule is Cc1cc(Cl)ccc1N1CCC(N)(C#N)CC1. The van der Waals surface area contributed by atoms with Gasteiger partial charge in [0.05, 0.1) is 6.07 Å². The van der Waals surface area contributed by atoms with E-state index in [4.69, 9.17) is 22.6 Å². The van der Waals surface area contributed by atoms with Crippen LogP contribution in [0.2, 0.25) is 5.02 Å². The first kappa shape index (κ1) is 12.2. The molecule has 4 heteroatoms. The molecule has 0 unspecified atom stereocenters. The molecule has 0 amide bonds. The number of benzene rings is 1. The molecule has 0 aliphatic carbocycles. The highest BCUT2D eigenvalue weighted by atomic mass is 35.5. The van der Waals surface area contributed by atoms with E-state index in [9.17, 15) is 0 Å². The molecule has 1 aromatic carbocycles. The van der Waals surface area contributed by atoms with E-state index in [2.05, 4.69) is 17.9 Å². The van der Waals surface area contributed by atoms with Gasteiger partial charge in [-0.05, 0) is 43.5 Å². The van der Waals surface area contributed by atoms with E-state index in [1.165, 1.54) is 11.3 Å². The van der Waals surface area contributed by atoms with Crippen molar-refractivity contribution in [3.8, 4) is 6.07 Å². The predicted octanol–water partition coefficient (Wildman–Crippen LogP) is 2.47. The number of rotatable bonds is 1. The number of halogens is 1. The largest absolute Gasteiger partial charge is 0.371 e. The number of aryl methyl sites for hydroxylation is 1. The van der Waals surface area contributed by atoms with Crippen molar-refractivity contribution in [2.24, 2.45) is 5.73 Å². The third kappa shape index (κ3) is 2.54. The molecule has 0 radical (unpaired) electrons. The molecule has 1 heterocycles. The Morgan fingerprint density at radius 1 is 1.41 bits per heavy atom. The lowest BCUT2D eigenvalue weighted by Crippen LogP contribution is -2.49. The summed E-state index contributed by atoms with van der Waals surface area (Å²) < 4.78 is 0. The summed E-state index contributed by atoms with van der Waals surface area (Å²) >= 11 is 5.94. The number of nitriles is 1. The van der Waals surface area contributed by atoms with Gasteiger partial charge < -0.3 is 10.6 Å². The third-order valence-corrected chi connectivity index (χ3v) is 3.61. The second kappa shape index (κ2) is 4.56. The zero-order valence-electron chi connectivity index (χ0n) is 9.91. The zero-order valence-corrected chi connectivity index (χ0v) is 10.7. The predicted molar refractivity (Wildman–Crippen MR) is 70.2 cm³/mol. The summed E-state index contributed by atoms with van der Waals surface area (Å²) in [7, 11) is 0. The second-order valence-corrected chi connectivity index (χ2v) is 5.12. The highest BCUT2D eigenvalue weighted by Crippen LogP contribution is 2.28.